The first-order valence-corrected chi connectivity index (χ1v) is 7.67. The van der Waals surface area contributed by atoms with Crippen LogP contribution in [0.5, 0.6) is 0 Å². The molecule has 0 aliphatic heterocycles. The fourth-order valence-corrected chi connectivity index (χ4v) is 2.39. The van der Waals surface area contributed by atoms with E-state index < -0.39 is 0 Å². The van der Waals surface area contributed by atoms with Gasteiger partial charge in [-0.25, -0.2) is 4.98 Å². The van der Waals surface area contributed by atoms with E-state index in [1.165, 1.54) is 0 Å². The number of aromatic nitrogens is 1. The molecule has 0 fully saturated rings. The fourth-order valence-electron chi connectivity index (χ4n) is 2.39. The Balaban J connectivity index is 1.68. The van der Waals surface area contributed by atoms with Crippen LogP contribution in [0.3, 0.4) is 0 Å². The Hall–Kier alpha value is -2.53. The fraction of sp³-hybridized carbons (Fsp3) is 0.278. The molecule has 0 saturated heterocycles. The highest BCUT2D eigenvalue weighted by Crippen LogP contribution is 2.20. The summed E-state index contributed by atoms with van der Waals surface area (Å²) in [4.78, 5) is 4.63. The van der Waals surface area contributed by atoms with Gasteiger partial charge in [0.15, 0.2) is 0 Å². The summed E-state index contributed by atoms with van der Waals surface area (Å²) in [6.07, 6.45) is 0. The number of methoxy groups -OCH3 is 1. The van der Waals surface area contributed by atoms with Crippen LogP contribution in [0.15, 0.2) is 46.9 Å². The van der Waals surface area contributed by atoms with E-state index in [4.69, 9.17) is 9.15 Å². The van der Waals surface area contributed by atoms with Crippen LogP contribution < -0.4 is 10.6 Å². The van der Waals surface area contributed by atoms with Gasteiger partial charge in [0.2, 0.25) is 0 Å². The lowest BCUT2D eigenvalue weighted by Gasteiger charge is -2.08. The Kier molecular flexibility index (Phi) is 4.78. The van der Waals surface area contributed by atoms with E-state index in [2.05, 4.69) is 27.8 Å². The van der Waals surface area contributed by atoms with Gasteiger partial charge in [0.25, 0.3) is 0 Å². The third kappa shape index (κ3) is 4.02. The summed E-state index contributed by atoms with van der Waals surface area (Å²) in [6.45, 7) is 4.04. The molecule has 2 aromatic heterocycles. The van der Waals surface area contributed by atoms with Crippen molar-refractivity contribution in [2.75, 3.05) is 30.9 Å². The molecule has 0 radical (unpaired) electrons. The zero-order valence-electron chi connectivity index (χ0n) is 13.4. The maximum Gasteiger partial charge on any atom is 0.127 e. The number of pyridine rings is 1. The zero-order chi connectivity index (χ0) is 16.1. The minimum absolute atomic E-state index is 0.628. The molecule has 0 unspecified atom stereocenters. The number of nitrogens with zero attached hydrogens (tertiary/aromatic N) is 1. The number of furan rings is 1. The van der Waals surface area contributed by atoms with Gasteiger partial charge in [-0.3, -0.25) is 0 Å². The molecule has 23 heavy (non-hydrogen) atoms. The zero-order valence-corrected chi connectivity index (χ0v) is 13.4. The van der Waals surface area contributed by atoms with Gasteiger partial charge >= 0.3 is 0 Å². The summed E-state index contributed by atoms with van der Waals surface area (Å²) < 4.78 is 10.6. The first-order valence-electron chi connectivity index (χ1n) is 7.67. The summed E-state index contributed by atoms with van der Waals surface area (Å²) >= 11 is 0. The lowest BCUT2D eigenvalue weighted by molar-refractivity contribution is 0.211. The molecule has 0 atom stereocenters. The van der Waals surface area contributed by atoms with Crippen molar-refractivity contribution in [2.24, 2.45) is 0 Å². The number of hydrogen-bond donors (Lipinski definition) is 2. The van der Waals surface area contributed by atoms with Crippen molar-refractivity contribution in [3.8, 4) is 0 Å². The van der Waals surface area contributed by atoms with Crippen molar-refractivity contribution in [3.05, 3.63) is 54.0 Å². The average molecular weight is 311 g/mol. The van der Waals surface area contributed by atoms with Crippen molar-refractivity contribution >= 4 is 22.4 Å². The lowest BCUT2D eigenvalue weighted by atomic mass is 10.2. The van der Waals surface area contributed by atoms with Crippen LogP contribution in [-0.2, 0) is 11.3 Å². The van der Waals surface area contributed by atoms with Crippen LogP contribution in [-0.4, -0.2) is 25.2 Å². The second-order valence-corrected chi connectivity index (χ2v) is 5.39. The largest absolute Gasteiger partial charge is 0.465 e. The predicted molar refractivity (Wildman–Crippen MR) is 92.9 cm³/mol. The average Bonchev–Trinajstić information content (AvgIpc) is 2.98. The molecule has 1 aromatic carbocycles. The van der Waals surface area contributed by atoms with E-state index in [9.17, 15) is 0 Å². The quantitative estimate of drug-likeness (QED) is 0.650. The summed E-state index contributed by atoms with van der Waals surface area (Å²) in [5.74, 6) is 2.66. The van der Waals surface area contributed by atoms with E-state index in [0.29, 0.717) is 13.2 Å². The van der Waals surface area contributed by atoms with Gasteiger partial charge in [-0.15, -0.1) is 0 Å². The van der Waals surface area contributed by atoms with E-state index in [1.807, 2.05) is 37.3 Å². The van der Waals surface area contributed by atoms with Crippen molar-refractivity contribution in [3.63, 3.8) is 0 Å². The smallest absolute Gasteiger partial charge is 0.127 e. The Morgan fingerprint density at radius 3 is 2.78 bits per heavy atom. The highest BCUT2D eigenvalue weighted by atomic mass is 16.5. The molecule has 0 saturated carbocycles. The highest BCUT2D eigenvalue weighted by Gasteiger charge is 2.02. The van der Waals surface area contributed by atoms with Crippen LogP contribution in [0.1, 0.15) is 11.5 Å². The molecule has 0 aliphatic carbocycles. The summed E-state index contributed by atoms with van der Waals surface area (Å²) in [7, 11) is 1.70. The molecular formula is C18H21N3O2. The number of hydrogen-bond acceptors (Lipinski definition) is 5. The maximum absolute atomic E-state index is 5.55. The minimum Gasteiger partial charge on any atom is -0.465 e. The molecule has 5 heteroatoms. The first kappa shape index (κ1) is 15.4. The molecule has 120 valence electrons. The van der Waals surface area contributed by atoms with E-state index >= 15 is 0 Å². The van der Waals surface area contributed by atoms with E-state index in [1.54, 1.807) is 7.11 Å². The van der Waals surface area contributed by atoms with Gasteiger partial charge in [0, 0.05) is 24.7 Å². The molecule has 3 aromatic rings. The third-order valence-electron chi connectivity index (χ3n) is 3.56. The number of rotatable bonds is 7. The standard InChI is InChI=1S/C18H21N3O2/c1-13-3-6-16(23-13)12-20-18-8-4-14-11-15(19-9-10-22-2)5-7-17(14)21-18/h3-8,11,19H,9-10,12H2,1-2H3,(H,20,21). The number of nitrogens with one attached hydrogen (secondary N) is 2. The summed E-state index contributed by atoms with van der Waals surface area (Å²) in [6, 6.07) is 14.1. The summed E-state index contributed by atoms with van der Waals surface area (Å²) in [5, 5.41) is 7.71. The topological polar surface area (TPSA) is 59.3 Å². The Bertz CT molecular complexity index is 783. The van der Waals surface area contributed by atoms with Crippen molar-refractivity contribution < 1.29 is 9.15 Å². The normalized spacial score (nSPS) is 10.9. The third-order valence-corrected chi connectivity index (χ3v) is 3.56. The van der Waals surface area contributed by atoms with Crippen molar-refractivity contribution in [1.29, 1.82) is 0 Å². The van der Waals surface area contributed by atoms with Crippen LogP contribution in [0.25, 0.3) is 10.9 Å². The molecule has 2 heterocycles. The monoisotopic (exact) mass is 311 g/mol. The number of aryl methyl sites for hydroxylation is 1. The van der Waals surface area contributed by atoms with E-state index in [0.717, 1.165) is 40.5 Å². The highest BCUT2D eigenvalue weighted by molar-refractivity contribution is 5.83. The van der Waals surface area contributed by atoms with Gasteiger partial charge in [-0.2, -0.15) is 0 Å². The second kappa shape index (κ2) is 7.15. The molecule has 0 bridgehead atoms. The van der Waals surface area contributed by atoms with Gasteiger partial charge < -0.3 is 19.8 Å². The Labute approximate surface area is 135 Å². The van der Waals surface area contributed by atoms with Crippen LogP contribution in [0.4, 0.5) is 11.5 Å². The molecule has 0 amide bonds. The number of ether oxygens (including phenoxy) is 1. The van der Waals surface area contributed by atoms with Crippen molar-refractivity contribution in [1.82, 2.24) is 4.98 Å². The number of fused-ring (bicyclic) bond motifs is 1. The molecule has 3 rings (SSSR count). The Morgan fingerprint density at radius 2 is 2.00 bits per heavy atom. The van der Waals surface area contributed by atoms with Gasteiger partial charge in [-0.1, -0.05) is 0 Å². The molecular weight excluding hydrogens is 290 g/mol. The van der Waals surface area contributed by atoms with Gasteiger partial charge in [0.1, 0.15) is 17.3 Å². The van der Waals surface area contributed by atoms with E-state index in [-0.39, 0.29) is 0 Å². The number of anilines is 2. The number of benzene rings is 1. The lowest BCUT2D eigenvalue weighted by Crippen LogP contribution is -2.07. The van der Waals surface area contributed by atoms with Crippen molar-refractivity contribution in [2.45, 2.75) is 13.5 Å². The Morgan fingerprint density at radius 1 is 1.09 bits per heavy atom. The molecule has 0 aliphatic rings. The maximum atomic E-state index is 5.55. The second-order valence-electron chi connectivity index (χ2n) is 5.39. The minimum atomic E-state index is 0.628. The first-order chi connectivity index (χ1) is 11.2. The predicted octanol–water partition coefficient (Wildman–Crippen LogP) is 3.81. The summed E-state index contributed by atoms with van der Waals surface area (Å²) in [5.41, 5.74) is 2.03. The van der Waals surface area contributed by atoms with Gasteiger partial charge in [-0.05, 0) is 49.4 Å². The SMILES string of the molecule is COCCNc1ccc2nc(NCc3ccc(C)o3)ccc2c1. The van der Waals surface area contributed by atoms with Crippen LogP contribution in [0.2, 0.25) is 0 Å². The molecule has 0 spiro atoms. The van der Waals surface area contributed by atoms with Crippen LogP contribution >= 0.6 is 0 Å². The van der Waals surface area contributed by atoms with Gasteiger partial charge in [0.05, 0.1) is 18.7 Å². The van der Waals surface area contributed by atoms with Crippen LogP contribution in [0, 0.1) is 6.92 Å². The molecule has 5 nitrogen and oxygen atoms in total. The molecule has 2 N–H and O–H groups in total.